The van der Waals surface area contributed by atoms with Gasteiger partial charge in [-0.2, -0.15) is 0 Å². The van der Waals surface area contributed by atoms with E-state index in [0.717, 1.165) is 57.8 Å². The molecular formula is C56H96O6. The minimum absolute atomic E-state index is 0.119. The Bertz CT molecular complexity index is 1180. The predicted molar refractivity (Wildman–Crippen MR) is 265 cm³/mol. The predicted octanol–water partition coefficient (Wildman–Crippen LogP) is 17.0. The van der Waals surface area contributed by atoms with Crippen LogP contribution >= 0.6 is 0 Å². The number of ether oxygens (including phenoxy) is 3. The zero-order valence-corrected chi connectivity index (χ0v) is 40.6. The highest BCUT2D eigenvalue weighted by Crippen LogP contribution is 2.14. The molecule has 0 aliphatic carbocycles. The molecule has 0 spiro atoms. The summed E-state index contributed by atoms with van der Waals surface area (Å²) in [5.74, 6) is -1.04. The Hall–Kier alpha value is -3.15. The average Bonchev–Trinajstić information content (AvgIpc) is 3.27. The van der Waals surface area contributed by atoms with Crippen molar-refractivity contribution < 1.29 is 28.6 Å². The third-order valence-corrected chi connectivity index (χ3v) is 10.9. The highest BCUT2D eigenvalue weighted by Gasteiger charge is 2.19. The molecule has 62 heavy (non-hydrogen) atoms. The van der Waals surface area contributed by atoms with E-state index in [0.29, 0.717) is 19.3 Å². The lowest BCUT2D eigenvalue weighted by Crippen LogP contribution is -2.30. The molecule has 6 nitrogen and oxygen atoms in total. The fraction of sp³-hybridized carbons (Fsp3) is 0.732. The van der Waals surface area contributed by atoms with Crippen LogP contribution in [-0.4, -0.2) is 37.2 Å². The maximum atomic E-state index is 12.8. The number of hydrogen-bond acceptors (Lipinski definition) is 6. The average molecular weight is 865 g/mol. The quantitative estimate of drug-likeness (QED) is 0.0262. The summed E-state index contributed by atoms with van der Waals surface area (Å²) in [7, 11) is 0. The summed E-state index contributed by atoms with van der Waals surface area (Å²) in [6, 6.07) is 0. The van der Waals surface area contributed by atoms with Crippen molar-refractivity contribution in [2.24, 2.45) is 0 Å². The van der Waals surface area contributed by atoms with Gasteiger partial charge in [-0.15, -0.1) is 0 Å². The van der Waals surface area contributed by atoms with Crippen molar-refractivity contribution in [3.63, 3.8) is 0 Å². The van der Waals surface area contributed by atoms with Crippen LogP contribution in [0.25, 0.3) is 0 Å². The normalized spacial score (nSPS) is 12.6. The van der Waals surface area contributed by atoms with Crippen LogP contribution in [-0.2, 0) is 28.6 Å². The second-order valence-electron chi connectivity index (χ2n) is 17.1. The number of esters is 3. The van der Waals surface area contributed by atoms with Gasteiger partial charge in [0.25, 0.3) is 0 Å². The fourth-order valence-electron chi connectivity index (χ4n) is 7.02. The van der Waals surface area contributed by atoms with Gasteiger partial charge in [0.1, 0.15) is 13.2 Å². The van der Waals surface area contributed by atoms with Crippen molar-refractivity contribution in [1.82, 2.24) is 0 Å². The first-order chi connectivity index (χ1) is 30.5. The lowest BCUT2D eigenvalue weighted by atomic mass is 10.0. The second-order valence-corrected chi connectivity index (χ2v) is 17.1. The Morgan fingerprint density at radius 2 is 0.629 bits per heavy atom. The third-order valence-electron chi connectivity index (χ3n) is 10.9. The van der Waals surface area contributed by atoms with E-state index in [2.05, 4.69) is 87.6 Å². The molecule has 0 rings (SSSR count). The molecule has 0 aliphatic heterocycles. The topological polar surface area (TPSA) is 78.9 Å². The van der Waals surface area contributed by atoms with E-state index >= 15 is 0 Å². The van der Waals surface area contributed by atoms with Crippen LogP contribution in [0.1, 0.15) is 245 Å². The molecule has 0 aromatic carbocycles. The Morgan fingerprint density at radius 1 is 0.323 bits per heavy atom. The summed E-state index contributed by atoms with van der Waals surface area (Å²) in [4.78, 5) is 37.9. The standard InChI is InChI=1S/C56H96O6/c1-4-7-10-13-16-19-22-25-27-28-29-32-34-37-40-43-46-49-55(58)61-52-53(51-60-54(57)48-45-42-39-36-33-30-24-21-18-15-12-9-6-3)62-56(59)50-47-44-41-38-35-31-26-23-20-17-14-11-8-5-2/h16,19,25,27,29-30,32-33,37,39-40,42,53H,4-15,17-18,20-24,26,28,31,34-36,38,41,43-52H2,1-3H3/b19-16+,27-25+,32-29+,33-30+,40-37+,42-39+. The molecule has 356 valence electrons. The zero-order chi connectivity index (χ0) is 45.1. The molecular weight excluding hydrogens is 769 g/mol. The molecule has 0 saturated heterocycles. The van der Waals surface area contributed by atoms with E-state index in [1.54, 1.807) is 0 Å². The molecule has 6 heteroatoms. The first-order valence-electron chi connectivity index (χ1n) is 25.9. The van der Waals surface area contributed by atoms with Crippen LogP contribution in [0.15, 0.2) is 72.9 Å². The largest absolute Gasteiger partial charge is 0.462 e. The lowest BCUT2D eigenvalue weighted by Gasteiger charge is -2.18. The van der Waals surface area contributed by atoms with E-state index in [-0.39, 0.29) is 44.0 Å². The molecule has 0 bridgehead atoms. The van der Waals surface area contributed by atoms with Gasteiger partial charge < -0.3 is 14.2 Å². The van der Waals surface area contributed by atoms with Crippen LogP contribution < -0.4 is 0 Å². The molecule has 1 unspecified atom stereocenters. The summed E-state index contributed by atoms with van der Waals surface area (Å²) in [5, 5.41) is 0. The van der Waals surface area contributed by atoms with E-state index < -0.39 is 6.10 Å². The molecule has 0 N–H and O–H groups in total. The van der Waals surface area contributed by atoms with Gasteiger partial charge in [-0.05, 0) is 77.0 Å². The number of unbranched alkanes of at least 4 members (excludes halogenated alkanes) is 23. The van der Waals surface area contributed by atoms with Gasteiger partial charge in [0.05, 0.1) is 0 Å². The van der Waals surface area contributed by atoms with Gasteiger partial charge in [0.2, 0.25) is 0 Å². The number of rotatable bonds is 46. The molecule has 0 radical (unpaired) electrons. The first kappa shape index (κ1) is 58.9. The van der Waals surface area contributed by atoms with Gasteiger partial charge >= 0.3 is 17.9 Å². The van der Waals surface area contributed by atoms with E-state index in [1.807, 2.05) is 6.08 Å². The van der Waals surface area contributed by atoms with Crippen molar-refractivity contribution >= 4 is 17.9 Å². The summed E-state index contributed by atoms with van der Waals surface area (Å²) >= 11 is 0. The van der Waals surface area contributed by atoms with Crippen molar-refractivity contribution in [2.75, 3.05) is 13.2 Å². The summed E-state index contributed by atoms with van der Waals surface area (Å²) < 4.78 is 16.7. The molecule has 0 amide bonds. The number of hydrogen-bond donors (Lipinski definition) is 0. The SMILES string of the molecule is CCCCC/C=C/C/C=C/C/C=C/C/C=C/CCCC(=O)OCC(COC(=O)CC/C=C/C/C=C/CCCCCCCC)OC(=O)CCCCCCCCCCCCCCCC. The van der Waals surface area contributed by atoms with Crippen LogP contribution in [0.4, 0.5) is 0 Å². The summed E-state index contributed by atoms with van der Waals surface area (Å²) in [6.07, 6.45) is 63.3. The van der Waals surface area contributed by atoms with Crippen molar-refractivity contribution in [2.45, 2.75) is 252 Å². The summed E-state index contributed by atoms with van der Waals surface area (Å²) in [5.41, 5.74) is 0. The molecule has 0 aliphatic rings. The second kappa shape index (κ2) is 50.5. The smallest absolute Gasteiger partial charge is 0.306 e. The Kier molecular flexibility index (Phi) is 47.9. The van der Waals surface area contributed by atoms with Crippen molar-refractivity contribution in [3.8, 4) is 0 Å². The Labute approximate surface area is 382 Å². The molecule has 0 fully saturated rings. The van der Waals surface area contributed by atoms with Gasteiger partial charge in [-0.25, -0.2) is 0 Å². The van der Waals surface area contributed by atoms with Crippen LogP contribution in [0.5, 0.6) is 0 Å². The molecule has 0 aromatic rings. The van der Waals surface area contributed by atoms with Crippen LogP contribution in [0.3, 0.4) is 0 Å². The van der Waals surface area contributed by atoms with Crippen molar-refractivity contribution in [3.05, 3.63) is 72.9 Å². The molecule has 1 atom stereocenters. The molecule has 0 aromatic heterocycles. The Balaban J connectivity index is 4.52. The minimum Gasteiger partial charge on any atom is -0.462 e. The Morgan fingerprint density at radius 3 is 1.08 bits per heavy atom. The number of allylic oxidation sites excluding steroid dienone is 12. The minimum atomic E-state index is -0.817. The first-order valence-corrected chi connectivity index (χ1v) is 25.9. The highest BCUT2D eigenvalue weighted by molar-refractivity contribution is 5.71. The monoisotopic (exact) mass is 865 g/mol. The fourth-order valence-corrected chi connectivity index (χ4v) is 7.02. The van der Waals surface area contributed by atoms with Gasteiger partial charge in [0, 0.05) is 19.3 Å². The zero-order valence-electron chi connectivity index (χ0n) is 40.6. The van der Waals surface area contributed by atoms with Crippen LogP contribution in [0.2, 0.25) is 0 Å². The third kappa shape index (κ3) is 47.9. The maximum Gasteiger partial charge on any atom is 0.306 e. The summed E-state index contributed by atoms with van der Waals surface area (Å²) in [6.45, 7) is 6.50. The van der Waals surface area contributed by atoms with Gasteiger partial charge in [-0.1, -0.05) is 222 Å². The van der Waals surface area contributed by atoms with E-state index in [4.69, 9.17) is 14.2 Å². The molecule has 0 saturated carbocycles. The van der Waals surface area contributed by atoms with Gasteiger partial charge in [-0.3, -0.25) is 14.4 Å². The van der Waals surface area contributed by atoms with E-state index in [9.17, 15) is 14.4 Å². The maximum absolute atomic E-state index is 12.8. The lowest BCUT2D eigenvalue weighted by molar-refractivity contribution is -0.166. The van der Waals surface area contributed by atoms with Crippen molar-refractivity contribution in [1.29, 1.82) is 0 Å². The number of carbonyl (C=O) groups is 3. The van der Waals surface area contributed by atoms with Gasteiger partial charge in [0.15, 0.2) is 6.10 Å². The highest BCUT2D eigenvalue weighted by atomic mass is 16.6. The molecule has 0 heterocycles. The van der Waals surface area contributed by atoms with E-state index in [1.165, 1.54) is 135 Å². The number of carbonyl (C=O) groups excluding carboxylic acids is 3. The van der Waals surface area contributed by atoms with Crippen LogP contribution in [0, 0.1) is 0 Å².